The molecule has 1 N–H and O–H groups in total. The van der Waals surface area contributed by atoms with Gasteiger partial charge in [-0.3, -0.25) is 0 Å². The molecule has 0 radical (unpaired) electrons. The Morgan fingerprint density at radius 1 is 1.45 bits per heavy atom. The van der Waals surface area contributed by atoms with Crippen LogP contribution in [0.4, 0.5) is 4.39 Å². The second kappa shape index (κ2) is 4.74. The summed E-state index contributed by atoms with van der Waals surface area (Å²) in [6.07, 6.45) is 1.60. The largest absolute Gasteiger partial charge is 0.476 e. The quantitative estimate of drug-likeness (QED) is 0.916. The number of fused-ring (bicyclic) bond motifs is 1. The maximum absolute atomic E-state index is 14.0. The van der Waals surface area contributed by atoms with Crippen molar-refractivity contribution in [1.82, 2.24) is 9.55 Å². The number of halogens is 1. The SMILES string of the molecule is CC1CCc2c(C(=O)O)nc(-c3ccccc3F)n2C1. The minimum absolute atomic E-state index is 0.0511. The van der Waals surface area contributed by atoms with E-state index >= 15 is 0 Å². The van der Waals surface area contributed by atoms with Crippen LogP contribution < -0.4 is 0 Å². The van der Waals surface area contributed by atoms with Gasteiger partial charge in [-0.15, -0.1) is 0 Å². The van der Waals surface area contributed by atoms with Gasteiger partial charge in [0.05, 0.1) is 11.3 Å². The number of aromatic carboxylic acids is 1. The molecule has 0 fully saturated rings. The third-order valence-electron chi connectivity index (χ3n) is 3.76. The number of aromatic nitrogens is 2. The molecule has 1 aliphatic rings. The van der Waals surface area contributed by atoms with E-state index < -0.39 is 5.97 Å². The Morgan fingerprint density at radius 3 is 2.90 bits per heavy atom. The van der Waals surface area contributed by atoms with Crippen molar-refractivity contribution in [2.24, 2.45) is 5.92 Å². The van der Waals surface area contributed by atoms with E-state index in [-0.39, 0.29) is 11.5 Å². The zero-order chi connectivity index (χ0) is 14.3. The van der Waals surface area contributed by atoms with Crippen molar-refractivity contribution < 1.29 is 14.3 Å². The lowest BCUT2D eigenvalue weighted by atomic mass is 9.99. The summed E-state index contributed by atoms with van der Waals surface area (Å²) in [5, 5.41) is 9.27. The highest BCUT2D eigenvalue weighted by molar-refractivity contribution is 5.88. The first-order valence-corrected chi connectivity index (χ1v) is 6.65. The van der Waals surface area contributed by atoms with Gasteiger partial charge in [0, 0.05) is 6.54 Å². The highest BCUT2D eigenvalue weighted by Crippen LogP contribution is 2.30. The third-order valence-corrected chi connectivity index (χ3v) is 3.76. The molecule has 0 saturated carbocycles. The number of hydrogen-bond acceptors (Lipinski definition) is 2. The highest BCUT2D eigenvalue weighted by Gasteiger charge is 2.27. The van der Waals surface area contributed by atoms with Crippen LogP contribution in [0.1, 0.15) is 29.5 Å². The number of carboxylic acid groups (broad SMARTS) is 1. The lowest BCUT2D eigenvalue weighted by molar-refractivity contribution is 0.0689. The number of rotatable bonds is 2. The standard InChI is InChI=1S/C15H15FN2O2/c1-9-6-7-12-13(15(19)20)17-14(18(12)8-9)10-4-2-3-5-11(10)16/h2-5,9H,6-8H2,1H3,(H,19,20). The van der Waals surface area contributed by atoms with Gasteiger partial charge >= 0.3 is 5.97 Å². The summed E-state index contributed by atoms with van der Waals surface area (Å²) < 4.78 is 15.8. The molecule has 4 nitrogen and oxygen atoms in total. The summed E-state index contributed by atoms with van der Waals surface area (Å²) in [5.74, 6) is -0.577. The highest BCUT2D eigenvalue weighted by atomic mass is 19.1. The lowest BCUT2D eigenvalue weighted by Crippen LogP contribution is -2.20. The Balaban J connectivity index is 2.21. The van der Waals surface area contributed by atoms with Gasteiger partial charge in [0.1, 0.15) is 11.6 Å². The van der Waals surface area contributed by atoms with Gasteiger partial charge in [-0.25, -0.2) is 14.2 Å². The summed E-state index contributed by atoms with van der Waals surface area (Å²) in [4.78, 5) is 15.5. The first-order valence-electron chi connectivity index (χ1n) is 6.65. The molecule has 104 valence electrons. The van der Waals surface area contributed by atoms with E-state index in [9.17, 15) is 14.3 Å². The molecule has 0 spiro atoms. The molecule has 0 saturated heterocycles. The monoisotopic (exact) mass is 274 g/mol. The predicted octanol–water partition coefficient (Wildman–Crippen LogP) is 2.97. The fraction of sp³-hybridized carbons (Fsp3) is 0.333. The maximum Gasteiger partial charge on any atom is 0.356 e. The number of imidazole rings is 1. The zero-order valence-corrected chi connectivity index (χ0v) is 11.1. The number of carbonyl (C=O) groups is 1. The molecule has 1 atom stereocenters. The van der Waals surface area contributed by atoms with E-state index in [4.69, 9.17) is 0 Å². The Bertz CT molecular complexity index is 679. The molecule has 3 rings (SSSR count). The van der Waals surface area contributed by atoms with Crippen LogP contribution in [0.15, 0.2) is 24.3 Å². The van der Waals surface area contributed by atoms with Crippen molar-refractivity contribution in [1.29, 1.82) is 0 Å². The van der Waals surface area contributed by atoms with E-state index in [1.54, 1.807) is 18.2 Å². The minimum atomic E-state index is -1.05. The van der Waals surface area contributed by atoms with Gasteiger partial charge in [0.25, 0.3) is 0 Å². The number of nitrogens with zero attached hydrogens (tertiary/aromatic N) is 2. The molecule has 2 heterocycles. The van der Waals surface area contributed by atoms with Gasteiger partial charge in [-0.1, -0.05) is 19.1 Å². The van der Waals surface area contributed by atoms with Crippen LogP contribution in [-0.2, 0) is 13.0 Å². The molecular weight excluding hydrogens is 259 g/mol. The lowest BCUT2D eigenvalue weighted by Gasteiger charge is -2.22. The molecule has 1 unspecified atom stereocenters. The number of benzene rings is 1. The van der Waals surface area contributed by atoms with Crippen LogP contribution in [0.25, 0.3) is 11.4 Å². The summed E-state index contributed by atoms with van der Waals surface area (Å²) in [6.45, 7) is 2.79. The fourth-order valence-electron chi connectivity index (χ4n) is 2.74. The minimum Gasteiger partial charge on any atom is -0.476 e. The van der Waals surface area contributed by atoms with Crippen molar-refractivity contribution in [2.75, 3.05) is 0 Å². The number of carboxylic acids is 1. The summed E-state index contributed by atoms with van der Waals surface area (Å²) >= 11 is 0. The maximum atomic E-state index is 14.0. The first-order chi connectivity index (χ1) is 9.58. The molecule has 0 aliphatic carbocycles. The third kappa shape index (κ3) is 1.99. The smallest absolute Gasteiger partial charge is 0.356 e. The fourth-order valence-corrected chi connectivity index (χ4v) is 2.74. The molecule has 1 aromatic carbocycles. The van der Waals surface area contributed by atoms with E-state index in [1.807, 2.05) is 4.57 Å². The summed E-state index contributed by atoms with van der Waals surface area (Å²) in [6, 6.07) is 6.34. The van der Waals surface area contributed by atoms with E-state index in [1.165, 1.54) is 6.07 Å². The molecule has 2 aromatic rings. The van der Waals surface area contributed by atoms with Crippen LogP contribution in [0.2, 0.25) is 0 Å². The van der Waals surface area contributed by atoms with Crippen molar-refractivity contribution >= 4 is 5.97 Å². The second-order valence-electron chi connectivity index (χ2n) is 5.27. The van der Waals surface area contributed by atoms with Crippen LogP contribution >= 0.6 is 0 Å². The Labute approximate surface area is 115 Å². The average molecular weight is 274 g/mol. The second-order valence-corrected chi connectivity index (χ2v) is 5.27. The first kappa shape index (κ1) is 12.8. The van der Waals surface area contributed by atoms with E-state index in [2.05, 4.69) is 11.9 Å². The van der Waals surface area contributed by atoms with Gasteiger partial charge in [0.15, 0.2) is 5.69 Å². The topological polar surface area (TPSA) is 55.1 Å². The zero-order valence-electron chi connectivity index (χ0n) is 11.1. The predicted molar refractivity (Wildman–Crippen MR) is 72.1 cm³/mol. The van der Waals surface area contributed by atoms with Crippen molar-refractivity contribution in [2.45, 2.75) is 26.3 Å². The van der Waals surface area contributed by atoms with Gasteiger partial charge in [-0.05, 0) is 30.9 Å². The van der Waals surface area contributed by atoms with Gasteiger partial charge in [-0.2, -0.15) is 0 Å². The average Bonchev–Trinajstić information content (AvgIpc) is 2.78. The van der Waals surface area contributed by atoms with Crippen molar-refractivity contribution in [3.05, 3.63) is 41.5 Å². The van der Waals surface area contributed by atoms with Crippen LogP contribution in [0.5, 0.6) is 0 Å². The van der Waals surface area contributed by atoms with Gasteiger partial charge in [0.2, 0.25) is 0 Å². The summed E-state index contributed by atoms with van der Waals surface area (Å²) in [5.41, 5.74) is 1.11. The molecule has 5 heteroatoms. The van der Waals surface area contributed by atoms with Crippen molar-refractivity contribution in [3.8, 4) is 11.4 Å². The van der Waals surface area contributed by atoms with Gasteiger partial charge < -0.3 is 9.67 Å². The molecule has 20 heavy (non-hydrogen) atoms. The Hall–Kier alpha value is -2.17. The Morgan fingerprint density at radius 2 is 2.20 bits per heavy atom. The molecule has 0 amide bonds. The van der Waals surface area contributed by atoms with Crippen LogP contribution in [0, 0.1) is 11.7 Å². The molecule has 1 aromatic heterocycles. The molecule has 0 bridgehead atoms. The molecule has 1 aliphatic heterocycles. The van der Waals surface area contributed by atoms with E-state index in [0.29, 0.717) is 36.0 Å². The van der Waals surface area contributed by atoms with Crippen molar-refractivity contribution in [3.63, 3.8) is 0 Å². The Kier molecular flexibility index (Phi) is 3.04. The van der Waals surface area contributed by atoms with Crippen LogP contribution in [-0.4, -0.2) is 20.6 Å². The number of hydrogen-bond donors (Lipinski definition) is 1. The molecular formula is C15H15FN2O2. The normalized spacial score (nSPS) is 17.8. The van der Waals surface area contributed by atoms with E-state index in [0.717, 1.165) is 6.42 Å². The van der Waals surface area contributed by atoms with Crippen LogP contribution in [0.3, 0.4) is 0 Å². The summed E-state index contributed by atoms with van der Waals surface area (Å²) in [7, 11) is 0.